The van der Waals surface area contributed by atoms with Crippen LogP contribution in [0.2, 0.25) is 5.02 Å². The summed E-state index contributed by atoms with van der Waals surface area (Å²) in [6.07, 6.45) is -0.976. The molecular weight excluding hydrogens is 353 g/mol. The second-order valence-corrected chi connectivity index (χ2v) is 6.16. The van der Waals surface area contributed by atoms with E-state index in [-0.39, 0.29) is 16.7 Å². The van der Waals surface area contributed by atoms with Gasteiger partial charge in [0, 0.05) is 5.56 Å². The number of carbonyl (C=O) groups excluding carboxylic acids is 1. The zero-order valence-electron chi connectivity index (χ0n) is 12.4. The van der Waals surface area contributed by atoms with E-state index in [1.54, 1.807) is 0 Å². The number of carbonyl (C=O) groups is 1. The van der Waals surface area contributed by atoms with E-state index in [2.05, 4.69) is 0 Å². The molecule has 1 heterocycles. The summed E-state index contributed by atoms with van der Waals surface area (Å²) >= 11 is 6.83. The third-order valence-corrected chi connectivity index (χ3v) is 4.41. The number of halogens is 2. The van der Waals surface area contributed by atoms with Crippen LogP contribution in [-0.4, -0.2) is 5.78 Å². The molecule has 1 aliphatic heterocycles. The van der Waals surface area contributed by atoms with Crippen LogP contribution in [0.1, 0.15) is 17.2 Å². The molecule has 1 atom stereocenters. The number of benzene rings is 2. The van der Waals surface area contributed by atoms with Crippen LogP contribution in [0.3, 0.4) is 0 Å². The molecule has 3 rings (SSSR count). The fraction of sp³-hybridized carbons (Fsp3) is 0.118. The molecule has 124 valence electrons. The minimum atomic E-state index is -0.976. The normalized spacial score (nSPS) is 17.1. The Balaban J connectivity index is 1.65. The second-order valence-electron chi connectivity index (χ2n) is 5.06. The summed E-state index contributed by atoms with van der Waals surface area (Å²) in [6, 6.07) is 13.6. The number of Topliss-reactive ketones (excluding diaryl/α,β-unsaturated/α-hetero) is 1. The molecule has 0 radical (unpaired) electrons. The Morgan fingerprint density at radius 3 is 2.71 bits per heavy atom. The lowest BCUT2D eigenvalue weighted by Crippen LogP contribution is -2.10. The van der Waals surface area contributed by atoms with Gasteiger partial charge in [0.1, 0.15) is 5.82 Å². The third-order valence-electron chi connectivity index (χ3n) is 3.39. The molecule has 2 aromatic carbocycles. The monoisotopic (exact) mass is 365 g/mol. The van der Waals surface area contributed by atoms with Crippen molar-refractivity contribution in [2.45, 2.75) is 11.9 Å². The lowest BCUT2D eigenvalue weighted by atomic mass is 10.1. The SMILES string of the molecule is NC1=C(OSCc2ccccc2)C(=O)C(c2ccc(F)c(Cl)c2)O1. The highest BCUT2D eigenvalue weighted by Gasteiger charge is 2.37. The van der Waals surface area contributed by atoms with E-state index in [0.29, 0.717) is 11.3 Å². The molecule has 1 unspecified atom stereocenters. The van der Waals surface area contributed by atoms with Crippen molar-refractivity contribution >= 4 is 29.4 Å². The molecule has 0 spiro atoms. The Morgan fingerprint density at radius 1 is 1.25 bits per heavy atom. The average Bonchev–Trinajstić information content (AvgIpc) is 2.86. The lowest BCUT2D eigenvalue weighted by Gasteiger charge is -2.10. The van der Waals surface area contributed by atoms with Crippen molar-refractivity contribution in [2.24, 2.45) is 5.73 Å². The van der Waals surface area contributed by atoms with Gasteiger partial charge in [0.05, 0.1) is 22.8 Å². The molecule has 0 saturated carbocycles. The minimum absolute atomic E-state index is 0.0404. The van der Waals surface area contributed by atoms with Crippen LogP contribution in [0.5, 0.6) is 0 Å². The highest BCUT2D eigenvalue weighted by atomic mass is 35.5. The van der Waals surface area contributed by atoms with E-state index < -0.39 is 17.7 Å². The predicted molar refractivity (Wildman–Crippen MR) is 90.3 cm³/mol. The molecule has 0 aliphatic carbocycles. The van der Waals surface area contributed by atoms with Gasteiger partial charge in [-0.3, -0.25) is 4.79 Å². The Bertz CT molecular complexity index is 798. The Labute approximate surface area is 147 Å². The average molecular weight is 366 g/mol. The quantitative estimate of drug-likeness (QED) is 0.808. The van der Waals surface area contributed by atoms with Crippen molar-refractivity contribution in [2.75, 3.05) is 0 Å². The molecule has 7 heteroatoms. The third kappa shape index (κ3) is 3.49. The molecule has 4 nitrogen and oxygen atoms in total. The maximum absolute atomic E-state index is 13.2. The first-order valence-corrected chi connectivity index (χ1v) is 8.34. The summed E-state index contributed by atoms with van der Waals surface area (Å²) in [6.45, 7) is 0. The first kappa shape index (κ1) is 16.7. The van der Waals surface area contributed by atoms with E-state index >= 15 is 0 Å². The number of nitrogens with two attached hydrogens (primary N) is 1. The molecule has 0 fully saturated rings. The van der Waals surface area contributed by atoms with Crippen molar-refractivity contribution in [3.8, 4) is 0 Å². The second kappa shape index (κ2) is 7.15. The largest absolute Gasteiger partial charge is 0.460 e. The molecule has 1 aliphatic rings. The van der Waals surface area contributed by atoms with Gasteiger partial charge < -0.3 is 14.7 Å². The fourth-order valence-corrected chi connectivity index (χ4v) is 3.04. The summed E-state index contributed by atoms with van der Waals surface area (Å²) in [5.41, 5.74) is 7.20. The van der Waals surface area contributed by atoms with Gasteiger partial charge >= 0.3 is 0 Å². The summed E-state index contributed by atoms with van der Waals surface area (Å²) in [5.74, 6) is -0.567. The van der Waals surface area contributed by atoms with Crippen LogP contribution >= 0.6 is 23.6 Å². The molecule has 2 N–H and O–H groups in total. The number of rotatable bonds is 5. The number of ether oxygens (including phenoxy) is 1. The smallest absolute Gasteiger partial charge is 0.249 e. The molecule has 24 heavy (non-hydrogen) atoms. The van der Waals surface area contributed by atoms with Gasteiger partial charge in [-0.1, -0.05) is 48.0 Å². The highest BCUT2D eigenvalue weighted by molar-refractivity contribution is 7.94. The molecule has 0 saturated heterocycles. The van der Waals surface area contributed by atoms with Crippen LogP contribution in [0.4, 0.5) is 4.39 Å². The molecule has 0 bridgehead atoms. The standard InChI is InChI=1S/C17H13ClFNO3S/c18-12-8-11(6-7-13(12)19)15-14(21)16(17(20)22-15)23-24-9-10-4-2-1-3-5-10/h1-8,15H,9,20H2. The van der Waals surface area contributed by atoms with Gasteiger partial charge in [0.15, 0.2) is 6.10 Å². The van der Waals surface area contributed by atoms with Gasteiger partial charge in [0.2, 0.25) is 17.4 Å². The highest BCUT2D eigenvalue weighted by Crippen LogP contribution is 2.35. The maximum atomic E-state index is 13.2. The number of hydrogen-bond acceptors (Lipinski definition) is 5. The van der Waals surface area contributed by atoms with Gasteiger partial charge in [-0.2, -0.15) is 0 Å². The summed E-state index contributed by atoms with van der Waals surface area (Å²) in [4.78, 5) is 12.4. The predicted octanol–water partition coefficient (Wildman–Crippen LogP) is 4.11. The first-order valence-electron chi connectivity index (χ1n) is 7.05. The zero-order chi connectivity index (χ0) is 17.1. The maximum Gasteiger partial charge on any atom is 0.249 e. The van der Waals surface area contributed by atoms with Gasteiger partial charge in [-0.25, -0.2) is 4.39 Å². The van der Waals surface area contributed by atoms with Crippen molar-refractivity contribution in [1.82, 2.24) is 0 Å². The summed E-state index contributed by atoms with van der Waals surface area (Å²) in [7, 11) is 0. The van der Waals surface area contributed by atoms with E-state index in [9.17, 15) is 9.18 Å². The Morgan fingerprint density at radius 2 is 2.00 bits per heavy atom. The lowest BCUT2D eigenvalue weighted by molar-refractivity contribution is -0.122. The van der Waals surface area contributed by atoms with Gasteiger partial charge in [-0.15, -0.1) is 0 Å². The van der Waals surface area contributed by atoms with Crippen LogP contribution in [0.25, 0.3) is 0 Å². The fourth-order valence-electron chi connectivity index (χ4n) is 2.18. The van der Waals surface area contributed by atoms with Crippen LogP contribution in [0.15, 0.2) is 60.2 Å². The van der Waals surface area contributed by atoms with E-state index in [4.69, 9.17) is 26.3 Å². The summed E-state index contributed by atoms with van der Waals surface area (Å²) in [5, 5.41) is -0.0877. The van der Waals surface area contributed by atoms with Crippen molar-refractivity contribution in [3.05, 3.63) is 82.1 Å². The number of ketones is 1. The van der Waals surface area contributed by atoms with Crippen LogP contribution in [-0.2, 0) is 19.5 Å². The van der Waals surface area contributed by atoms with Crippen molar-refractivity contribution < 1.29 is 18.1 Å². The first-order chi connectivity index (χ1) is 11.6. The van der Waals surface area contributed by atoms with Crippen molar-refractivity contribution in [1.29, 1.82) is 0 Å². The number of hydrogen-bond donors (Lipinski definition) is 1. The van der Waals surface area contributed by atoms with E-state index in [1.165, 1.54) is 18.2 Å². The topological polar surface area (TPSA) is 61.5 Å². The van der Waals surface area contributed by atoms with Crippen LogP contribution < -0.4 is 5.73 Å². The Kier molecular flexibility index (Phi) is 4.97. The van der Waals surface area contributed by atoms with E-state index in [0.717, 1.165) is 17.6 Å². The van der Waals surface area contributed by atoms with Crippen molar-refractivity contribution in [3.63, 3.8) is 0 Å². The zero-order valence-corrected chi connectivity index (χ0v) is 13.9. The van der Waals surface area contributed by atoms with E-state index in [1.807, 2.05) is 30.3 Å². The summed E-state index contributed by atoms with van der Waals surface area (Å²) < 4.78 is 24.0. The molecule has 0 aromatic heterocycles. The minimum Gasteiger partial charge on any atom is -0.460 e. The Hall–Kier alpha value is -2.18. The molecular formula is C17H13ClFNO3S. The molecule has 2 aromatic rings. The van der Waals surface area contributed by atoms with Crippen LogP contribution in [0, 0.1) is 5.82 Å². The van der Waals surface area contributed by atoms with Gasteiger partial charge in [-0.05, 0) is 17.7 Å². The van der Waals surface area contributed by atoms with Gasteiger partial charge in [0.25, 0.3) is 0 Å². The molecule has 0 amide bonds.